The van der Waals surface area contributed by atoms with Crippen LogP contribution in [0.2, 0.25) is 0 Å². The first kappa shape index (κ1) is 14.1. The van der Waals surface area contributed by atoms with Gasteiger partial charge in [-0.3, -0.25) is 0 Å². The van der Waals surface area contributed by atoms with E-state index in [1.807, 2.05) is 0 Å². The molecule has 106 valence electrons. The van der Waals surface area contributed by atoms with Gasteiger partial charge in [0.1, 0.15) is 5.69 Å². The predicted molar refractivity (Wildman–Crippen MR) is 65.5 cm³/mol. The van der Waals surface area contributed by atoms with E-state index in [-0.39, 0.29) is 11.4 Å². The van der Waals surface area contributed by atoms with Gasteiger partial charge in [0.15, 0.2) is 11.6 Å². The van der Waals surface area contributed by atoms with Crippen molar-refractivity contribution in [3.05, 3.63) is 53.6 Å². The average molecular weight is 288 g/mol. The topological polar surface area (TPSA) is 38.0 Å². The van der Waals surface area contributed by atoms with Gasteiger partial charge in [-0.1, -0.05) is 6.07 Å². The Morgan fingerprint density at radius 3 is 2.10 bits per heavy atom. The smallest absolute Gasteiger partial charge is 0.399 e. The molecule has 0 unspecified atom stereocenters. The zero-order valence-corrected chi connectivity index (χ0v) is 9.93. The molecule has 0 spiro atoms. The minimum absolute atomic E-state index is 0.0811. The minimum Gasteiger partial charge on any atom is -0.399 e. The Bertz CT molecular complexity index is 614. The fraction of sp³-hybridized carbons (Fsp3) is 0.0769. The first-order valence-electron chi connectivity index (χ1n) is 5.46. The second kappa shape index (κ2) is 4.99. The Balaban J connectivity index is 2.36. The van der Waals surface area contributed by atoms with Gasteiger partial charge in [-0.2, -0.15) is 13.2 Å². The Kier molecular flexibility index (Phi) is 3.52. The number of nitrogens with one attached hydrogen (secondary N) is 1. The summed E-state index contributed by atoms with van der Waals surface area (Å²) in [6, 6.07) is 5.77. The minimum atomic E-state index is -4.53. The van der Waals surface area contributed by atoms with Crippen LogP contribution in [0.25, 0.3) is 0 Å². The molecular weight excluding hydrogens is 279 g/mol. The lowest BCUT2D eigenvalue weighted by atomic mass is 10.2. The van der Waals surface area contributed by atoms with Crippen LogP contribution in [0.1, 0.15) is 5.56 Å². The molecule has 0 fully saturated rings. The second-order valence-corrected chi connectivity index (χ2v) is 4.06. The molecule has 2 aromatic carbocycles. The Morgan fingerprint density at radius 2 is 1.55 bits per heavy atom. The van der Waals surface area contributed by atoms with Crippen LogP contribution in [0.3, 0.4) is 0 Å². The van der Waals surface area contributed by atoms with Crippen LogP contribution >= 0.6 is 0 Å². The monoisotopic (exact) mass is 288 g/mol. The molecular formula is C13H9F5N2. The third-order valence-electron chi connectivity index (χ3n) is 2.52. The van der Waals surface area contributed by atoms with Gasteiger partial charge in [0, 0.05) is 11.4 Å². The van der Waals surface area contributed by atoms with Gasteiger partial charge in [-0.25, -0.2) is 8.78 Å². The fourth-order valence-corrected chi connectivity index (χ4v) is 1.63. The van der Waals surface area contributed by atoms with Gasteiger partial charge in [-0.05, 0) is 30.3 Å². The number of benzene rings is 2. The molecule has 0 bridgehead atoms. The van der Waals surface area contributed by atoms with Crippen LogP contribution in [-0.4, -0.2) is 0 Å². The molecule has 0 aliphatic rings. The van der Waals surface area contributed by atoms with Crippen LogP contribution in [0.15, 0.2) is 36.4 Å². The average Bonchev–Trinajstić information content (AvgIpc) is 2.33. The summed E-state index contributed by atoms with van der Waals surface area (Å²) in [5.41, 5.74) is 3.57. The van der Waals surface area contributed by atoms with E-state index in [1.165, 1.54) is 6.07 Å². The summed E-state index contributed by atoms with van der Waals surface area (Å²) in [4.78, 5) is 0. The third kappa shape index (κ3) is 2.98. The van der Waals surface area contributed by atoms with Gasteiger partial charge in [-0.15, -0.1) is 0 Å². The molecule has 2 rings (SSSR count). The maximum atomic E-state index is 13.5. The number of anilines is 3. The van der Waals surface area contributed by atoms with Crippen LogP contribution in [0, 0.1) is 11.6 Å². The molecule has 7 heteroatoms. The number of alkyl halides is 3. The molecule has 0 amide bonds. The highest BCUT2D eigenvalue weighted by Crippen LogP contribution is 2.32. The molecule has 0 radical (unpaired) electrons. The summed E-state index contributed by atoms with van der Waals surface area (Å²) in [5, 5.41) is 2.27. The summed E-state index contributed by atoms with van der Waals surface area (Å²) in [6.07, 6.45) is -4.53. The number of nitrogen functional groups attached to an aromatic ring is 1. The Hall–Kier alpha value is -2.31. The van der Waals surface area contributed by atoms with Crippen molar-refractivity contribution in [2.24, 2.45) is 0 Å². The highest BCUT2D eigenvalue weighted by molar-refractivity contribution is 5.64. The SMILES string of the molecule is Nc1cc(F)c(Nc2cccc(C(F)(F)F)c2)c(F)c1. The quantitative estimate of drug-likeness (QED) is 0.638. The van der Waals surface area contributed by atoms with E-state index in [1.54, 1.807) is 0 Å². The maximum absolute atomic E-state index is 13.5. The number of nitrogens with two attached hydrogens (primary N) is 1. The van der Waals surface area contributed by atoms with Crippen molar-refractivity contribution in [1.29, 1.82) is 0 Å². The summed E-state index contributed by atoms with van der Waals surface area (Å²) in [6.45, 7) is 0. The Labute approximate surface area is 111 Å². The van der Waals surface area contributed by atoms with Gasteiger partial charge in [0.25, 0.3) is 0 Å². The van der Waals surface area contributed by atoms with Crippen LogP contribution in [0.5, 0.6) is 0 Å². The van der Waals surface area contributed by atoms with Crippen molar-refractivity contribution in [2.75, 3.05) is 11.1 Å². The van der Waals surface area contributed by atoms with E-state index in [2.05, 4.69) is 5.32 Å². The predicted octanol–water partition coefficient (Wildman–Crippen LogP) is 4.31. The summed E-state index contributed by atoms with van der Waals surface area (Å²) >= 11 is 0. The molecule has 0 atom stereocenters. The lowest BCUT2D eigenvalue weighted by molar-refractivity contribution is -0.137. The van der Waals surface area contributed by atoms with Crippen molar-refractivity contribution >= 4 is 17.1 Å². The lowest BCUT2D eigenvalue weighted by Crippen LogP contribution is -2.06. The zero-order chi connectivity index (χ0) is 14.9. The molecule has 2 nitrogen and oxygen atoms in total. The van der Waals surface area contributed by atoms with E-state index >= 15 is 0 Å². The molecule has 0 aliphatic carbocycles. The second-order valence-electron chi connectivity index (χ2n) is 4.06. The van der Waals surface area contributed by atoms with Crippen molar-refractivity contribution < 1.29 is 22.0 Å². The number of hydrogen-bond acceptors (Lipinski definition) is 2. The van der Waals surface area contributed by atoms with Crippen LogP contribution in [-0.2, 0) is 6.18 Å². The molecule has 20 heavy (non-hydrogen) atoms. The molecule has 0 saturated carbocycles. The normalized spacial score (nSPS) is 11.4. The van der Waals surface area contributed by atoms with Crippen LogP contribution < -0.4 is 11.1 Å². The van der Waals surface area contributed by atoms with Gasteiger partial charge >= 0.3 is 6.18 Å². The number of rotatable bonds is 2. The summed E-state index contributed by atoms with van der Waals surface area (Å²) in [5.74, 6) is -1.97. The summed E-state index contributed by atoms with van der Waals surface area (Å²) in [7, 11) is 0. The molecule has 0 heterocycles. The van der Waals surface area contributed by atoms with Crippen molar-refractivity contribution in [2.45, 2.75) is 6.18 Å². The molecule has 3 N–H and O–H groups in total. The van der Waals surface area contributed by atoms with Gasteiger partial charge in [0.05, 0.1) is 5.56 Å². The fourth-order valence-electron chi connectivity index (χ4n) is 1.63. The summed E-state index contributed by atoms with van der Waals surface area (Å²) < 4.78 is 64.6. The largest absolute Gasteiger partial charge is 0.416 e. The van der Waals surface area contributed by atoms with Crippen LogP contribution in [0.4, 0.5) is 39.0 Å². The molecule has 0 aromatic heterocycles. The van der Waals surface area contributed by atoms with Crippen molar-refractivity contribution in [3.63, 3.8) is 0 Å². The molecule has 0 saturated heterocycles. The van der Waals surface area contributed by atoms with Crippen molar-refractivity contribution in [3.8, 4) is 0 Å². The standard InChI is InChI=1S/C13H9F5N2/c14-10-5-8(19)6-11(15)12(10)20-9-3-1-2-7(4-9)13(16,17)18/h1-6,20H,19H2. The van der Waals surface area contributed by atoms with Gasteiger partial charge in [0.2, 0.25) is 0 Å². The van der Waals surface area contributed by atoms with Gasteiger partial charge < -0.3 is 11.1 Å². The highest BCUT2D eigenvalue weighted by atomic mass is 19.4. The first-order chi connectivity index (χ1) is 9.27. The molecule has 2 aromatic rings. The Morgan fingerprint density at radius 1 is 0.950 bits per heavy atom. The van der Waals surface area contributed by atoms with E-state index in [0.717, 1.165) is 30.3 Å². The van der Waals surface area contributed by atoms with Crippen molar-refractivity contribution in [1.82, 2.24) is 0 Å². The third-order valence-corrected chi connectivity index (χ3v) is 2.52. The first-order valence-corrected chi connectivity index (χ1v) is 5.46. The number of hydrogen-bond donors (Lipinski definition) is 2. The van der Waals surface area contributed by atoms with E-state index < -0.39 is 29.1 Å². The maximum Gasteiger partial charge on any atom is 0.416 e. The number of halogens is 5. The highest BCUT2D eigenvalue weighted by Gasteiger charge is 2.30. The lowest BCUT2D eigenvalue weighted by Gasteiger charge is -2.12. The molecule has 0 aliphatic heterocycles. The van der Waals surface area contributed by atoms with E-state index in [0.29, 0.717) is 0 Å². The zero-order valence-electron chi connectivity index (χ0n) is 9.93. The van der Waals surface area contributed by atoms with E-state index in [4.69, 9.17) is 5.73 Å². The van der Waals surface area contributed by atoms with E-state index in [9.17, 15) is 22.0 Å².